The number of allylic oxidation sites excluding steroid dienone is 3. The molecule has 0 spiro atoms. The summed E-state index contributed by atoms with van der Waals surface area (Å²) in [5.74, 6) is -1.42. The Balaban J connectivity index is 2.49. The van der Waals surface area contributed by atoms with Gasteiger partial charge in [-0.2, -0.15) is 5.10 Å². The third-order valence-corrected chi connectivity index (χ3v) is 2.15. The van der Waals surface area contributed by atoms with E-state index in [-0.39, 0.29) is 16.4 Å². The summed E-state index contributed by atoms with van der Waals surface area (Å²) in [6.45, 7) is 0. The van der Waals surface area contributed by atoms with Gasteiger partial charge >= 0.3 is 0 Å². The topological polar surface area (TPSA) is 84.6 Å². The maximum atomic E-state index is 11.2. The molecular weight excluding hydrogens is 210 g/mol. The average molecular weight is 214 g/mol. The minimum Gasteiger partial charge on any atom is -0.272 e. The van der Waals surface area contributed by atoms with Crippen molar-refractivity contribution >= 4 is 23.2 Å². The standard InChI is InChI=1S/C7H4ClN3O3/c8-3-1-4-6(7(12)10-9-4)5(2-3)11(13)14/h1-2,6H,(H,10,12). The second kappa shape index (κ2) is 2.91. The Morgan fingerprint density at radius 3 is 2.93 bits per heavy atom. The Labute approximate surface area is 83.1 Å². The number of nitrogens with one attached hydrogen (secondary N) is 1. The van der Waals surface area contributed by atoms with Crippen LogP contribution in [0.15, 0.2) is 28.0 Å². The van der Waals surface area contributed by atoms with E-state index in [1.165, 1.54) is 6.08 Å². The number of carbonyl (C=O) groups excluding carboxylic acids is 1. The van der Waals surface area contributed by atoms with E-state index >= 15 is 0 Å². The van der Waals surface area contributed by atoms with Gasteiger partial charge in [0.05, 0.1) is 10.6 Å². The smallest absolute Gasteiger partial charge is 0.266 e. The van der Waals surface area contributed by atoms with Gasteiger partial charge in [0, 0.05) is 11.1 Å². The number of rotatable bonds is 1. The minimum absolute atomic E-state index is 0.197. The summed E-state index contributed by atoms with van der Waals surface area (Å²) in [6, 6.07) is 0. The van der Waals surface area contributed by atoms with Crippen LogP contribution in [-0.4, -0.2) is 16.5 Å². The zero-order chi connectivity index (χ0) is 10.3. The quantitative estimate of drug-likeness (QED) is 0.505. The largest absolute Gasteiger partial charge is 0.272 e. The van der Waals surface area contributed by atoms with Crippen LogP contribution in [0.25, 0.3) is 0 Å². The van der Waals surface area contributed by atoms with E-state index in [4.69, 9.17) is 11.6 Å². The molecule has 2 aliphatic rings. The number of carbonyl (C=O) groups is 1. The van der Waals surface area contributed by atoms with Crippen LogP contribution >= 0.6 is 11.6 Å². The summed E-state index contributed by atoms with van der Waals surface area (Å²) in [5, 5.41) is 14.4. The van der Waals surface area contributed by atoms with Crippen molar-refractivity contribution in [3.8, 4) is 0 Å². The molecule has 2 rings (SSSR count). The van der Waals surface area contributed by atoms with Crippen LogP contribution in [0.4, 0.5) is 0 Å². The minimum atomic E-state index is -0.924. The number of nitrogens with zero attached hydrogens (tertiary/aromatic N) is 2. The molecule has 72 valence electrons. The van der Waals surface area contributed by atoms with Crippen LogP contribution in [0.3, 0.4) is 0 Å². The van der Waals surface area contributed by atoms with E-state index in [0.29, 0.717) is 0 Å². The lowest BCUT2D eigenvalue weighted by atomic mass is 9.95. The van der Waals surface area contributed by atoms with Gasteiger partial charge in [-0.25, -0.2) is 5.43 Å². The lowest BCUT2D eigenvalue weighted by molar-refractivity contribution is -0.429. The molecule has 0 aromatic heterocycles. The summed E-state index contributed by atoms with van der Waals surface area (Å²) in [4.78, 5) is 21.2. The molecule has 1 atom stereocenters. The summed E-state index contributed by atoms with van der Waals surface area (Å²) in [6.07, 6.45) is 2.59. The van der Waals surface area contributed by atoms with Crippen LogP contribution in [0.2, 0.25) is 0 Å². The number of halogens is 1. The van der Waals surface area contributed by atoms with Gasteiger partial charge in [-0.05, 0) is 6.08 Å². The number of hydrogen-bond acceptors (Lipinski definition) is 4. The zero-order valence-corrected chi connectivity index (χ0v) is 7.49. The Hall–Kier alpha value is -1.69. The highest BCUT2D eigenvalue weighted by atomic mass is 35.5. The molecular formula is C7H4ClN3O3. The molecule has 7 heteroatoms. The summed E-state index contributed by atoms with van der Waals surface area (Å²) in [7, 11) is 0. The first-order chi connectivity index (χ1) is 6.59. The summed E-state index contributed by atoms with van der Waals surface area (Å²) < 4.78 is 0. The number of nitro groups is 1. The van der Waals surface area contributed by atoms with E-state index in [1.807, 2.05) is 0 Å². The van der Waals surface area contributed by atoms with Crippen LogP contribution in [0.5, 0.6) is 0 Å². The van der Waals surface area contributed by atoms with Gasteiger partial charge in [0.25, 0.3) is 11.6 Å². The number of hydrazone groups is 1. The van der Waals surface area contributed by atoms with Crippen molar-refractivity contribution in [2.24, 2.45) is 11.0 Å². The average Bonchev–Trinajstić information content (AvgIpc) is 2.46. The predicted molar refractivity (Wildman–Crippen MR) is 48.1 cm³/mol. The first kappa shape index (κ1) is 8.89. The third kappa shape index (κ3) is 1.20. The van der Waals surface area contributed by atoms with Gasteiger partial charge < -0.3 is 0 Å². The Bertz CT molecular complexity index is 424. The van der Waals surface area contributed by atoms with Gasteiger partial charge in [-0.15, -0.1) is 0 Å². The van der Waals surface area contributed by atoms with Crippen LogP contribution in [0.1, 0.15) is 0 Å². The molecule has 0 fully saturated rings. The molecule has 6 nitrogen and oxygen atoms in total. The number of amides is 1. The van der Waals surface area contributed by atoms with Gasteiger partial charge in [-0.3, -0.25) is 14.9 Å². The lowest BCUT2D eigenvalue weighted by Crippen LogP contribution is -2.29. The molecule has 0 radical (unpaired) electrons. The second-order valence-corrected chi connectivity index (χ2v) is 3.24. The fourth-order valence-electron chi connectivity index (χ4n) is 1.35. The fraction of sp³-hybridized carbons (Fsp3) is 0.143. The first-order valence-electron chi connectivity index (χ1n) is 3.70. The molecule has 1 N–H and O–H groups in total. The first-order valence-corrected chi connectivity index (χ1v) is 4.08. The number of fused-ring (bicyclic) bond motifs is 1. The van der Waals surface area contributed by atoms with Gasteiger partial charge in [0.2, 0.25) is 0 Å². The number of hydrogen-bond donors (Lipinski definition) is 1. The van der Waals surface area contributed by atoms with Gasteiger partial charge in [0.1, 0.15) is 0 Å². The maximum Gasteiger partial charge on any atom is 0.266 e. The van der Waals surface area contributed by atoms with E-state index < -0.39 is 16.7 Å². The molecule has 1 aliphatic heterocycles. The van der Waals surface area contributed by atoms with Crippen molar-refractivity contribution in [2.45, 2.75) is 0 Å². The lowest BCUT2D eigenvalue weighted by Gasteiger charge is -2.09. The molecule has 0 bridgehead atoms. The van der Waals surface area contributed by atoms with E-state index in [9.17, 15) is 14.9 Å². The molecule has 1 unspecified atom stereocenters. The Kier molecular flexibility index (Phi) is 1.85. The SMILES string of the molecule is O=C1NN=C2C=C(Cl)C=C([N+](=O)[O-])C12. The van der Waals surface area contributed by atoms with Crippen molar-refractivity contribution in [3.63, 3.8) is 0 Å². The monoisotopic (exact) mass is 213 g/mol. The third-order valence-electron chi connectivity index (χ3n) is 1.93. The van der Waals surface area contributed by atoms with Crippen molar-refractivity contribution in [3.05, 3.63) is 33.0 Å². The van der Waals surface area contributed by atoms with E-state index in [1.54, 1.807) is 0 Å². The van der Waals surface area contributed by atoms with Crippen LogP contribution in [0, 0.1) is 16.0 Å². The molecule has 1 heterocycles. The van der Waals surface area contributed by atoms with Crippen molar-refractivity contribution in [2.75, 3.05) is 0 Å². The summed E-state index contributed by atoms with van der Waals surface area (Å²) in [5.41, 5.74) is 2.21. The molecule has 0 saturated carbocycles. The summed E-state index contributed by atoms with van der Waals surface area (Å²) >= 11 is 5.63. The maximum absolute atomic E-state index is 11.2. The molecule has 14 heavy (non-hydrogen) atoms. The Morgan fingerprint density at radius 1 is 1.57 bits per heavy atom. The molecule has 0 aromatic carbocycles. The van der Waals surface area contributed by atoms with E-state index in [2.05, 4.69) is 10.5 Å². The van der Waals surface area contributed by atoms with Crippen molar-refractivity contribution in [1.29, 1.82) is 0 Å². The highest BCUT2D eigenvalue weighted by Gasteiger charge is 2.41. The molecule has 1 amide bonds. The molecule has 0 saturated heterocycles. The zero-order valence-electron chi connectivity index (χ0n) is 6.73. The van der Waals surface area contributed by atoms with Crippen LogP contribution < -0.4 is 5.43 Å². The molecule has 1 aliphatic carbocycles. The predicted octanol–water partition coefficient (Wildman–Crippen LogP) is 0.385. The second-order valence-electron chi connectivity index (χ2n) is 2.80. The van der Waals surface area contributed by atoms with Gasteiger partial charge in [-0.1, -0.05) is 11.6 Å². The normalized spacial score (nSPS) is 24.5. The highest BCUT2D eigenvalue weighted by molar-refractivity contribution is 6.34. The Morgan fingerprint density at radius 2 is 2.29 bits per heavy atom. The highest BCUT2D eigenvalue weighted by Crippen LogP contribution is 2.27. The van der Waals surface area contributed by atoms with Crippen LogP contribution in [-0.2, 0) is 4.79 Å². The van der Waals surface area contributed by atoms with Crippen molar-refractivity contribution < 1.29 is 9.72 Å². The fourth-order valence-corrected chi connectivity index (χ4v) is 1.57. The van der Waals surface area contributed by atoms with E-state index in [0.717, 1.165) is 6.08 Å². The molecule has 0 aromatic rings. The van der Waals surface area contributed by atoms with Gasteiger partial charge in [0.15, 0.2) is 5.92 Å². The van der Waals surface area contributed by atoms with Crippen molar-refractivity contribution in [1.82, 2.24) is 5.43 Å².